The van der Waals surface area contributed by atoms with Gasteiger partial charge in [0.2, 0.25) is 10.1 Å². The van der Waals surface area contributed by atoms with Gasteiger partial charge in [-0.15, -0.1) is 5.10 Å². The molecule has 2 aliphatic rings. The Bertz CT molecular complexity index is 1070. The minimum Gasteiger partial charge on any atom is -0.496 e. The van der Waals surface area contributed by atoms with Gasteiger partial charge in [0, 0.05) is 24.7 Å². The first kappa shape index (κ1) is 17.2. The summed E-state index contributed by atoms with van der Waals surface area (Å²) in [7, 11) is 1.52. The minimum atomic E-state index is -0.346. The van der Waals surface area contributed by atoms with Gasteiger partial charge in [0.05, 0.1) is 19.0 Å². The first-order chi connectivity index (χ1) is 13.6. The Hall–Kier alpha value is -2.88. The Morgan fingerprint density at radius 1 is 1.32 bits per heavy atom. The highest BCUT2D eigenvalue weighted by atomic mass is 32.1. The third-order valence-electron chi connectivity index (χ3n) is 5.32. The van der Waals surface area contributed by atoms with E-state index in [2.05, 4.69) is 14.9 Å². The molecule has 0 saturated carbocycles. The van der Waals surface area contributed by atoms with Gasteiger partial charge < -0.3 is 20.1 Å². The number of aromatic nitrogens is 3. The molecule has 1 aromatic carbocycles. The van der Waals surface area contributed by atoms with Gasteiger partial charge in [-0.25, -0.2) is 18.9 Å². The molecule has 0 unspecified atom stereocenters. The van der Waals surface area contributed by atoms with Crippen molar-refractivity contribution in [2.24, 2.45) is 10.7 Å². The SMILES string of the molecule is COc1cc(F)ccc1-c1cnc2sc(N3CCC4(CC3)COC(N)=N4)nn12. The number of rotatable bonds is 3. The van der Waals surface area contributed by atoms with Gasteiger partial charge in [0.15, 0.2) is 0 Å². The molecule has 5 rings (SSSR count). The third kappa shape index (κ3) is 2.75. The fourth-order valence-corrected chi connectivity index (χ4v) is 4.68. The van der Waals surface area contributed by atoms with Crippen LogP contribution in [-0.4, -0.2) is 53.0 Å². The van der Waals surface area contributed by atoms with E-state index in [9.17, 15) is 4.39 Å². The topological polar surface area (TPSA) is 90.3 Å². The fraction of sp³-hybridized carbons (Fsp3) is 0.389. The molecule has 0 amide bonds. The predicted molar refractivity (Wildman–Crippen MR) is 105 cm³/mol. The second kappa shape index (κ2) is 6.33. The third-order valence-corrected chi connectivity index (χ3v) is 6.30. The number of benzene rings is 1. The number of imidazole rings is 1. The highest BCUT2D eigenvalue weighted by Crippen LogP contribution is 2.36. The van der Waals surface area contributed by atoms with Gasteiger partial charge >= 0.3 is 0 Å². The summed E-state index contributed by atoms with van der Waals surface area (Å²) in [5, 5.41) is 5.66. The molecule has 28 heavy (non-hydrogen) atoms. The van der Waals surface area contributed by atoms with Gasteiger partial charge in [-0.2, -0.15) is 0 Å². The average Bonchev–Trinajstić information content (AvgIpc) is 3.37. The normalized spacial score (nSPS) is 18.5. The molecular formula is C18H19FN6O2S. The summed E-state index contributed by atoms with van der Waals surface area (Å²) in [6.07, 6.45) is 3.47. The van der Waals surface area contributed by atoms with E-state index in [-0.39, 0.29) is 11.4 Å². The van der Waals surface area contributed by atoms with Gasteiger partial charge in [-0.1, -0.05) is 11.3 Å². The molecule has 10 heteroatoms. The van der Waals surface area contributed by atoms with E-state index in [1.165, 1.54) is 30.6 Å². The highest BCUT2D eigenvalue weighted by Gasteiger charge is 2.40. The van der Waals surface area contributed by atoms with E-state index in [0.717, 1.165) is 47.3 Å². The number of amidine groups is 1. The highest BCUT2D eigenvalue weighted by molar-refractivity contribution is 7.20. The molecule has 2 N–H and O–H groups in total. The van der Waals surface area contributed by atoms with Crippen LogP contribution in [0.15, 0.2) is 29.4 Å². The maximum Gasteiger partial charge on any atom is 0.282 e. The predicted octanol–water partition coefficient (Wildman–Crippen LogP) is 2.29. The standard InChI is InChI=1S/C18H19FN6O2S/c1-26-14-8-11(19)2-3-12(14)13-9-21-16-25(13)23-17(28-16)24-6-4-18(5-7-24)10-27-15(20)22-18/h2-3,8-9H,4-7,10H2,1H3,(H2,20,22). The molecule has 0 atom stereocenters. The Balaban J connectivity index is 1.43. The number of nitrogens with zero attached hydrogens (tertiary/aromatic N) is 5. The average molecular weight is 402 g/mol. The Kier molecular flexibility index (Phi) is 3.90. The maximum atomic E-state index is 13.5. The van der Waals surface area contributed by atoms with Crippen molar-refractivity contribution in [2.75, 3.05) is 31.7 Å². The first-order valence-corrected chi connectivity index (χ1v) is 9.80. The molecule has 146 valence electrons. The molecule has 2 aliphatic heterocycles. The number of nitrogens with two attached hydrogens (primary N) is 1. The van der Waals surface area contributed by atoms with E-state index in [1.807, 2.05) is 0 Å². The first-order valence-electron chi connectivity index (χ1n) is 8.98. The van der Waals surface area contributed by atoms with E-state index in [0.29, 0.717) is 18.4 Å². The smallest absolute Gasteiger partial charge is 0.282 e. The number of hydrogen-bond acceptors (Lipinski definition) is 8. The van der Waals surface area contributed by atoms with Gasteiger partial charge in [-0.05, 0) is 25.0 Å². The van der Waals surface area contributed by atoms with Crippen molar-refractivity contribution >= 4 is 27.5 Å². The second-order valence-corrected chi connectivity index (χ2v) is 7.95. The quantitative estimate of drug-likeness (QED) is 0.723. The van der Waals surface area contributed by atoms with Gasteiger partial charge in [-0.3, -0.25) is 0 Å². The second-order valence-electron chi connectivity index (χ2n) is 7.02. The summed E-state index contributed by atoms with van der Waals surface area (Å²) in [5.41, 5.74) is 7.01. The van der Waals surface area contributed by atoms with Crippen molar-refractivity contribution in [3.63, 3.8) is 0 Å². The van der Waals surface area contributed by atoms with Gasteiger partial charge in [0.1, 0.15) is 23.7 Å². The summed E-state index contributed by atoms with van der Waals surface area (Å²) in [4.78, 5) is 12.0. The van der Waals surface area contributed by atoms with Crippen LogP contribution < -0.4 is 15.4 Å². The molecule has 8 nitrogen and oxygen atoms in total. The van der Waals surface area contributed by atoms with E-state index in [1.54, 1.807) is 16.8 Å². The van der Waals surface area contributed by atoms with Crippen LogP contribution in [0.3, 0.4) is 0 Å². The molecule has 4 heterocycles. The molecule has 3 aromatic rings. The Morgan fingerprint density at radius 3 is 2.86 bits per heavy atom. The molecule has 1 fully saturated rings. The van der Waals surface area contributed by atoms with Gasteiger partial charge in [0.25, 0.3) is 6.02 Å². The summed E-state index contributed by atoms with van der Waals surface area (Å²) in [6, 6.07) is 4.75. The lowest BCUT2D eigenvalue weighted by Gasteiger charge is -2.35. The zero-order valence-corrected chi connectivity index (χ0v) is 16.1. The van der Waals surface area contributed by atoms with Crippen LogP contribution >= 0.6 is 11.3 Å². The van der Waals surface area contributed by atoms with Crippen molar-refractivity contribution in [3.05, 3.63) is 30.2 Å². The number of fused-ring (bicyclic) bond motifs is 1. The van der Waals surface area contributed by atoms with Crippen LogP contribution in [0.1, 0.15) is 12.8 Å². The Morgan fingerprint density at radius 2 is 2.14 bits per heavy atom. The molecule has 0 radical (unpaired) electrons. The van der Waals surface area contributed by atoms with Crippen LogP contribution in [0, 0.1) is 5.82 Å². The number of methoxy groups -OCH3 is 1. The summed E-state index contributed by atoms with van der Waals surface area (Å²) in [5.74, 6) is 0.106. The number of hydrogen-bond donors (Lipinski definition) is 1. The molecule has 2 aromatic heterocycles. The van der Waals surface area contributed by atoms with Crippen molar-refractivity contribution in [2.45, 2.75) is 18.4 Å². The zero-order valence-electron chi connectivity index (χ0n) is 15.3. The number of anilines is 1. The monoisotopic (exact) mass is 402 g/mol. The number of ether oxygens (including phenoxy) is 2. The van der Waals surface area contributed by atoms with Crippen LogP contribution in [0.4, 0.5) is 9.52 Å². The Labute approximate surface area is 164 Å². The largest absolute Gasteiger partial charge is 0.496 e. The molecule has 1 saturated heterocycles. The molecule has 1 spiro atoms. The zero-order chi connectivity index (χ0) is 19.3. The summed E-state index contributed by atoms with van der Waals surface area (Å²) in [6.45, 7) is 2.21. The van der Waals surface area contributed by atoms with E-state index < -0.39 is 0 Å². The summed E-state index contributed by atoms with van der Waals surface area (Å²) < 4.78 is 26.0. The van der Waals surface area contributed by atoms with E-state index in [4.69, 9.17) is 20.3 Å². The van der Waals surface area contributed by atoms with Crippen molar-refractivity contribution in [1.29, 1.82) is 0 Å². The van der Waals surface area contributed by atoms with Crippen molar-refractivity contribution in [1.82, 2.24) is 14.6 Å². The fourth-order valence-electron chi connectivity index (χ4n) is 3.75. The van der Waals surface area contributed by atoms with Crippen molar-refractivity contribution < 1.29 is 13.9 Å². The van der Waals surface area contributed by atoms with Crippen LogP contribution in [0.5, 0.6) is 5.75 Å². The lowest BCUT2D eigenvalue weighted by Crippen LogP contribution is -2.44. The van der Waals surface area contributed by atoms with Crippen LogP contribution in [-0.2, 0) is 4.74 Å². The van der Waals surface area contributed by atoms with Crippen LogP contribution in [0.2, 0.25) is 0 Å². The molecule has 0 aliphatic carbocycles. The molecular weight excluding hydrogens is 383 g/mol. The van der Waals surface area contributed by atoms with E-state index >= 15 is 0 Å². The van der Waals surface area contributed by atoms with Crippen molar-refractivity contribution in [3.8, 4) is 17.0 Å². The summed E-state index contributed by atoms with van der Waals surface area (Å²) >= 11 is 1.53. The number of piperidine rings is 1. The molecule has 0 bridgehead atoms. The lowest BCUT2D eigenvalue weighted by molar-refractivity contribution is 0.222. The minimum absolute atomic E-state index is 0.190. The van der Waals surface area contributed by atoms with Crippen LogP contribution in [0.25, 0.3) is 16.2 Å². The lowest BCUT2D eigenvalue weighted by atomic mass is 9.90. The number of halogens is 1. The maximum absolute atomic E-state index is 13.5. The number of aliphatic imine (C=N–C) groups is 1.